The fourth-order valence-corrected chi connectivity index (χ4v) is 5.99. The van der Waals surface area contributed by atoms with E-state index in [1.165, 1.54) is 48.0 Å². The summed E-state index contributed by atoms with van der Waals surface area (Å²) >= 11 is 2.01. The van der Waals surface area contributed by atoms with Crippen molar-refractivity contribution in [2.45, 2.75) is 43.4 Å². The van der Waals surface area contributed by atoms with Gasteiger partial charge in [0, 0.05) is 30.2 Å². The number of hydrogen-bond acceptors (Lipinski definition) is 7. The standard InChI is InChI=1S/C27H31N3O3S/c1-18(28)32-27(29)25-17-22-23(4-2-5-24(22)33-25)31-14-3-11-30-12-8-19(9-13-30)21-7-6-20-10-15-34-26(20)16-21/h2,4-7,16-17,19,28-29H,3,8-15H2,1H3. The van der Waals surface area contributed by atoms with Crippen molar-refractivity contribution in [3.05, 3.63) is 59.4 Å². The lowest BCUT2D eigenvalue weighted by Crippen LogP contribution is -2.34. The first-order chi connectivity index (χ1) is 16.6. The van der Waals surface area contributed by atoms with Crippen molar-refractivity contribution >= 4 is 34.5 Å². The molecule has 2 aliphatic heterocycles. The Kier molecular flexibility index (Phi) is 6.92. The van der Waals surface area contributed by atoms with Crippen molar-refractivity contribution in [2.75, 3.05) is 32.0 Å². The lowest BCUT2D eigenvalue weighted by molar-refractivity contribution is 0.193. The average molecular weight is 478 g/mol. The first kappa shape index (κ1) is 23.0. The molecule has 3 aromatic rings. The molecule has 0 bridgehead atoms. The zero-order chi connectivity index (χ0) is 23.5. The van der Waals surface area contributed by atoms with Gasteiger partial charge in [0.25, 0.3) is 5.90 Å². The molecule has 0 aliphatic carbocycles. The molecule has 34 heavy (non-hydrogen) atoms. The van der Waals surface area contributed by atoms with E-state index in [0.29, 0.717) is 23.9 Å². The molecule has 2 aromatic carbocycles. The first-order valence-corrected chi connectivity index (χ1v) is 13.0. The number of nitrogens with zero attached hydrogens (tertiary/aromatic N) is 1. The van der Waals surface area contributed by atoms with Crippen LogP contribution < -0.4 is 4.74 Å². The summed E-state index contributed by atoms with van der Waals surface area (Å²) in [5.41, 5.74) is 3.70. The van der Waals surface area contributed by atoms with Crippen molar-refractivity contribution in [1.82, 2.24) is 4.90 Å². The highest BCUT2D eigenvalue weighted by Gasteiger charge is 2.22. The van der Waals surface area contributed by atoms with E-state index >= 15 is 0 Å². The number of furan rings is 1. The Morgan fingerprint density at radius 1 is 1.15 bits per heavy atom. The molecule has 1 fully saturated rings. The van der Waals surface area contributed by atoms with Crippen LogP contribution in [0.2, 0.25) is 0 Å². The third-order valence-electron chi connectivity index (χ3n) is 6.66. The summed E-state index contributed by atoms with van der Waals surface area (Å²) in [6.45, 7) is 5.44. The lowest BCUT2D eigenvalue weighted by Gasteiger charge is -2.32. The van der Waals surface area contributed by atoms with Crippen LogP contribution in [-0.2, 0) is 11.2 Å². The fourth-order valence-electron chi connectivity index (χ4n) is 4.87. The molecule has 0 radical (unpaired) electrons. The molecule has 0 amide bonds. The van der Waals surface area contributed by atoms with Gasteiger partial charge < -0.3 is 18.8 Å². The molecule has 6 nitrogen and oxygen atoms in total. The van der Waals surface area contributed by atoms with Gasteiger partial charge in [0.1, 0.15) is 11.3 Å². The Labute approximate surface area is 204 Å². The number of ether oxygens (including phenoxy) is 2. The van der Waals surface area contributed by atoms with E-state index in [1.54, 1.807) is 6.07 Å². The van der Waals surface area contributed by atoms with Gasteiger partial charge in [0.15, 0.2) is 11.7 Å². The summed E-state index contributed by atoms with van der Waals surface area (Å²) in [6.07, 6.45) is 4.64. The molecule has 5 rings (SSSR count). The molecule has 1 aromatic heterocycles. The van der Waals surface area contributed by atoms with E-state index in [2.05, 4.69) is 23.1 Å². The maximum absolute atomic E-state index is 7.94. The van der Waals surface area contributed by atoms with E-state index in [9.17, 15) is 0 Å². The largest absolute Gasteiger partial charge is 0.493 e. The van der Waals surface area contributed by atoms with Crippen molar-refractivity contribution in [3.8, 4) is 5.75 Å². The number of piperidine rings is 1. The second-order valence-electron chi connectivity index (χ2n) is 9.05. The number of hydrogen-bond donors (Lipinski definition) is 2. The van der Waals surface area contributed by atoms with Gasteiger partial charge in [-0.25, -0.2) is 0 Å². The van der Waals surface area contributed by atoms with Crippen molar-refractivity contribution < 1.29 is 13.9 Å². The van der Waals surface area contributed by atoms with Gasteiger partial charge in [-0.1, -0.05) is 18.2 Å². The van der Waals surface area contributed by atoms with E-state index in [0.717, 1.165) is 37.2 Å². The molecule has 3 heterocycles. The van der Waals surface area contributed by atoms with Crippen LogP contribution in [0.3, 0.4) is 0 Å². The smallest absolute Gasteiger partial charge is 0.256 e. The normalized spacial score (nSPS) is 16.5. The number of thioether (sulfide) groups is 1. The van der Waals surface area contributed by atoms with E-state index in [-0.39, 0.29) is 11.8 Å². The second-order valence-corrected chi connectivity index (χ2v) is 10.2. The molecule has 0 spiro atoms. The zero-order valence-electron chi connectivity index (χ0n) is 19.6. The van der Waals surface area contributed by atoms with Crippen LogP contribution in [-0.4, -0.2) is 48.7 Å². The van der Waals surface area contributed by atoms with Gasteiger partial charge in [0.2, 0.25) is 0 Å². The van der Waals surface area contributed by atoms with Crippen molar-refractivity contribution in [1.29, 1.82) is 10.8 Å². The number of likely N-dealkylation sites (tertiary alicyclic amines) is 1. The Morgan fingerprint density at radius 3 is 2.82 bits per heavy atom. The monoisotopic (exact) mass is 477 g/mol. The van der Waals surface area contributed by atoms with Crippen LogP contribution in [0, 0.1) is 10.8 Å². The third-order valence-corrected chi connectivity index (χ3v) is 7.76. The number of benzene rings is 2. The van der Waals surface area contributed by atoms with Crippen LogP contribution in [0.5, 0.6) is 5.75 Å². The summed E-state index contributed by atoms with van der Waals surface area (Å²) in [6, 6.07) is 14.6. The minimum absolute atomic E-state index is 0.0442. The maximum Gasteiger partial charge on any atom is 0.256 e. The number of nitrogens with one attached hydrogen (secondary N) is 2. The van der Waals surface area contributed by atoms with E-state index < -0.39 is 0 Å². The van der Waals surface area contributed by atoms with Gasteiger partial charge in [-0.3, -0.25) is 10.8 Å². The highest BCUT2D eigenvalue weighted by molar-refractivity contribution is 7.99. The molecule has 7 heteroatoms. The average Bonchev–Trinajstić information content (AvgIpc) is 3.49. The van der Waals surface area contributed by atoms with Crippen LogP contribution >= 0.6 is 11.8 Å². The third kappa shape index (κ3) is 5.15. The van der Waals surface area contributed by atoms with E-state index in [4.69, 9.17) is 24.7 Å². The van der Waals surface area contributed by atoms with Gasteiger partial charge in [-0.2, -0.15) is 0 Å². The molecule has 0 atom stereocenters. The SMILES string of the molecule is CC(=N)OC(=N)c1cc2c(OCCCN3CCC(c4ccc5c(c4)SCC5)CC3)cccc2o1. The maximum atomic E-state index is 7.94. The Morgan fingerprint density at radius 2 is 2.00 bits per heavy atom. The lowest BCUT2D eigenvalue weighted by atomic mass is 9.89. The van der Waals surface area contributed by atoms with Crippen molar-refractivity contribution in [2.24, 2.45) is 0 Å². The van der Waals surface area contributed by atoms with Crippen LogP contribution in [0.15, 0.2) is 51.8 Å². The van der Waals surface area contributed by atoms with Gasteiger partial charge >= 0.3 is 0 Å². The van der Waals surface area contributed by atoms with Crippen LogP contribution in [0.25, 0.3) is 11.0 Å². The number of rotatable bonds is 7. The summed E-state index contributed by atoms with van der Waals surface area (Å²) in [5.74, 6) is 2.75. The molecular weight excluding hydrogens is 446 g/mol. The second kappa shape index (κ2) is 10.2. The van der Waals surface area contributed by atoms with Crippen molar-refractivity contribution in [3.63, 3.8) is 0 Å². The molecule has 2 N–H and O–H groups in total. The predicted molar refractivity (Wildman–Crippen MR) is 137 cm³/mol. The van der Waals surface area contributed by atoms with Gasteiger partial charge in [-0.15, -0.1) is 11.8 Å². The predicted octanol–water partition coefficient (Wildman–Crippen LogP) is 6.07. The zero-order valence-corrected chi connectivity index (χ0v) is 20.4. The highest BCUT2D eigenvalue weighted by atomic mass is 32.2. The summed E-state index contributed by atoms with van der Waals surface area (Å²) in [5, 5.41) is 16.2. The Balaban J connectivity index is 1.09. The molecule has 2 aliphatic rings. The minimum atomic E-state index is -0.170. The van der Waals surface area contributed by atoms with Gasteiger partial charge in [-0.05, 0) is 74.0 Å². The topological polar surface area (TPSA) is 82.5 Å². The molecular formula is C27H31N3O3S. The highest BCUT2D eigenvalue weighted by Crippen LogP contribution is 2.36. The molecule has 0 saturated carbocycles. The summed E-state index contributed by atoms with van der Waals surface area (Å²) < 4.78 is 16.8. The van der Waals surface area contributed by atoms with Crippen LogP contribution in [0.4, 0.5) is 0 Å². The number of fused-ring (bicyclic) bond motifs is 2. The Bertz CT molecular complexity index is 1200. The minimum Gasteiger partial charge on any atom is -0.493 e. The fraction of sp³-hybridized carbons (Fsp3) is 0.407. The van der Waals surface area contributed by atoms with Gasteiger partial charge in [0.05, 0.1) is 12.0 Å². The molecule has 0 unspecified atom stereocenters. The molecule has 1 saturated heterocycles. The molecule has 178 valence electrons. The summed E-state index contributed by atoms with van der Waals surface area (Å²) in [4.78, 5) is 4.06. The Hall–Kier alpha value is -2.77. The quantitative estimate of drug-likeness (QED) is 0.245. The number of aryl methyl sites for hydroxylation is 1. The van der Waals surface area contributed by atoms with E-state index in [1.807, 2.05) is 30.0 Å². The van der Waals surface area contributed by atoms with Crippen LogP contribution in [0.1, 0.15) is 49.0 Å². The first-order valence-electron chi connectivity index (χ1n) is 12.0. The summed E-state index contributed by atoms with van der Waals surface area (Å²) in [7, 11) is 0.